The molecule has 0 spiro atoms. The van der Waals surface area contributed by atoms with E-state index in [1.54, 1.807) is 37.3 Å². The normalized spacial score (nSPS) is 19.1. The van der Waals surface area contributed by atoms with Crippen molar-refractivity contribution in [2.75, 3.05) is 19.4 Å². The summed E-state index contributed by atoms with van der Waals surface area (Å²) >= 11 is 12.0. The third-order valence-corrected chi connectivity index (χ3v) is 6.69. The summed E-state index contributed by atoms with van der Waals surface area (Å²) < 4.78 is 28.5. The number of sulfone groups is 1. The van der Waals surface area contributed by atoms with Crippen molar-refractivity contribution in [3.05, 3.63) is 58.1 Å². The molecule has 0 aliphatic carbocycles. The molecule has 0 aromatic heterocycles. The van der Waals surface area contributed by atoms with Crippen molar-refractivity contribution >= 4 is 45.0 Å². The van der Waals surface area contributed by atoms with Gasteiger partial charge >= 0.3 is 6.03 Å². The van der Waals surface area contributed by atoms with Crippen LogP contribution in [0.15, 0.2) is 47.4 Å². The number of halogens is 2. The summed E-state index contributed by atoms with van der Waals surface area (Å²) in [5.41, 5.74) is -0.687. The van der Waals surface area contributed by atoms with Crippen LogP contribution >= 0.6 is 23.2 Å². The molecule has 1 aliphatic heterocycles. The van der Waals surface area contributed by atoms with Gasteiger partial charge in [-0.05, 0) is 55.3 Å². The van der Waals surface area contributed by atoms with Gasteiger partial charge in [-0.3, -0.25) is 9.69 Å². The molecule has 10 heteroatoms. The number of nitrogens with one attached hydrogen (secondary N) is 1. The molecule has 2 aromatic carbocycles. The van der Waals surface area contributed by atoms with Gasteiger partial charge in [0, 0.05) is 12.8 Å². The molecule has 0 saturated carbocycles. The van der Waals surface area contributed by atoms with Crippen LogP contribution in [-0.2, 0) is 20.2 Å². The zero-order valence-electron chi connectivity index (χ0n) is 16.3. The predicted molar refractivity (Wildman–Crippen MR) is 114 cm³/mol. The van der Waals surface area contributed by atoms with Gasteiger partial charge in [0.15, 0.2) is 9.84 Å². The van der Waals surface area contributed by atoms with Crippen molar-refractivity contribution in [2.45, 2.75) is 23.8 Å². The average molecular weight is 471 g/mol. The maximum atomic E-state index is 12.9. The Morgan fingerprint density at radius 1 is 1.07 bits per heavy atom. The molecule has 7 nitrogen and oxygen atoms in total. The molecule has 3 amide bonds. The van der Waals surface area contributed by atoms with Crippen LogP contribution in [0.2, 0.25) is 10.0 Å². The van der Waals surface area contributed by atoms with E-state index < -0.39 is 21.4 Å². The van der Waals surface area contributed by atoms with Crippen LogP contribution in [-0.4, -0.2) is 44.7 Å². The first kappa shape index (κ1) is 22.4. The maximum Gasteiger partial charge on any atom is 0.325 e. The van der Waals surface area contributed by atoms with Gasteiger partial charge in [-0.1, -0.05) is 29.3 Å². The number of carbonyl (C=O) groups is 2. The van der Waals surface area contributed by atoms with Crippen molar-refractivity contribution in [1.82, 2.24) is 10.2 Å². The standard InChI is InChI=1S/C20H20Cl2N2O5S/c1-20(13-4-9-16(21)17(22)12-13)18(25)24(19(26)23-20)10-3-11-29-14-5-7-15(8-6-14)30(2,27)28/h4-9,12H,3,10-11H2,1-2H3,(H,23,26). The first-order chi connectivity index (χ1) is 14.0. The van der Waals surface area contributed by atoms with E-state index in [1.807, 2.05) is 0 Å². The van der Waals surface area contributed by atoms with Crippen LogP contribution in [0.5, 0.6) is 5.75 Å². The van der Waals surface area contributed by atoms with E-state index in [4.69, 9.17) is 27.9 Å². The molecule has 3 rings (SSSR count). The van der Waals surface area contributed by atoms with Crippen LogP contribution in [0.25, 0.3) is 0 Å². The van der Waals surface area contributed by atoms with Gasteiger partial charge in [0.05, 0.1) is 21.5 Å². The lowest BCUT2D eigenvalue weighted by molar-refractivity contribution is -0.131. The van der Waals surface area contributed by atoms with Gasteiger partial charge in [0.25, 0.3) is 5.91 Å². The molecular formula is C20H20Cl2N2O5S. The fourth-order valence-electron chi connectivity index (χ4n) is 3.10. The molecule has 1 heterocycles. The third kappa shape index (κ3) is 4.55. The number of amides is 3. The fourth-order valence-corrected chi connectivity index (χ4v) is 4.03. The molecule has 0 radical (unpaired) electrons. The Morgan fingerprint density at radius 2 is 1.73 bits per heavy atom. The molecule has 2 aromatic rings. The lowest BCUT2D eigenvalue weighted by atomic mass is 9.92. The molecule has 1 atom stereocenters. The van der Waals surface area contributed by atoms with Crippen molar-refractivity contribution in [3.63, 3.8) is 0 Å². The second kappa shape index (κ2) is 8.45. The van der Waals surface area contributed by atoms with E-state index in [9.17, 15) is 18.0 Å². The van der Waals surface area contributed by atoms with Crippen LogP contribution in [0.1, 0.15) is 18.9 Å². The van der Waals surface area contributed by atoms with E-state index >= 15 is 0 Å². The van der Waals surface area contributed by atoms with Gasteiger partial charge < -0.3 is 10.1 Å². The number of benzene rings is 2. The van der Waals surface area contributed by atoms with Crippen LogP contribution < -0.4 is 10.1 Å². The summed E-state index contributed by atoms with van der Waals surface area (Å²) in [6.07, 6.45) is 1.54. The van der Waals surface area contributed by atoms with Crippen LogP contribution in [0, 0.1) is 0 Å². The second-order valence-corrected chi connectivity index (χ2v) is 9.92. The molecule has 1 fully saturated rings. The summed E-state index contributed by atoms with van der Waals surface area (Å²) in [7, 11) is -3.27. The zero-order chi connectivity index (χ0) is 22.1. The topological polar surface area (TPSA) is 92.8 Å². The number of imide groups is 1. The van der Waals surface area contributed by atoms with Crippen LogP contribution in [0.3, 0.4) is 0 Å². The molecule has 30 heavy (non-hydrogen) atoms. The van der Waals surface area contributed by atoms with E-state index in [0.29, 0.717) is 27.8 Å². The van der Waals surface area contributed by atoms with E-state index in [0.717, 1.165) is 11.2 Å². The largest absolute Gasteiger partial charge is 0.494 e. The highest BCUT2D eigenvalue weighted by Gasteiger charge is 2.48. The first-order valence-electron chi connectivity index (χ1n) is 9.05. The predicted octanol–water partition coefficient (Wildman–Crippen LogP) is 3.63. The Labute approximate surface area is 184 Å². The van der Waals surface area contributed by atoms with Gasteiger partial charge in [0.2, 0.25) is 0 Å². The minimum atomic E-state index is -3.27. The molecule has 1 N–H and O–H groups in total. The van der Waals surface area contributed by atoms with E-state index in [1.165, 1.54) is 12.1 Å². The molecule has 1 aliphatic rings. The molecule has 1 saturated heterocycles. The van der Waals surface area contributed by atoms with Crippen LogP contribution in [0.4, 0.5) is 4.79 Å². The summed E-state index contributed by atoms with van der Waals surface area (Å²) in [6.45, 7) is 2.04. The highest BCUT2D eigenvalue weighted by Crippen LogP contribution is 2.33. The van der Waals surface area contributed by atoms with Gasteiger partial charge in [-0.2, -0.15) is 0 Å². The SMILES string of the molecule is CC1(c2ccc(Cl)c(Cl)c2)NC(=O)N(CCCOc2ccc(S(C)(=O)=O)cc2)C1=O. The summed E-state index contributed by atoms with van der Waals surface area (Å²) in [4.78, 5) is 26.6. The number of urea groups is 1. The number of hydrogen-bond acceptors (Lipinski definition) is 5. The van der Waals surface area contributed by atoms with E-state index in [2.05, 4.69) is 5.32 Å². The number of hydrogen-bond donors (Lipinski definition) is 1. The minimum absolute atomic E-state index is 0.170. The lowest BCUT2D eigenvalue weighted by Gasteiger charge is -2.22. The van der Waals surface area contributed by atoms with Crippen molar-refractivity contribution < 1.29 is 22.7 Å². The Bertz CT molecular complexity index is 1090. The highest BCUT2D eigenvalue weighted by molar-refractivity contribution is 7.90. The van der Waals surface area contributed by atoms with Crippen molar-refractivity contribution in [2.24, 2.45) is 0 Å². The van der Waals surface area contributed by atoms with Gasteiger partial charge in [0.1, 0.15) is 11.3 Å². The van der Waals surface area contributed by atoms with Gasteiger partial charge in [-0.15, -0.1) is 0 Å². The van der Waals surface area contributed by atoms with E-state index in [-0.39, 0.29) is 24.0 Å². The van der Waals surface area contributed by atoms with Crippen molar-refractivity contribution in [3.8, 4) is 5.75 Å². The number of rotatable bonds is 7. The molecule has 160 valence electrons. The Kier molecular flexibility index (Phi) is 6.31. The summed E-state index contributed by atoms with van der Waals surface area (Å²) in [5, 5.41) is 3.37. The quantitative estimate of drug-likeness (QED) is 0.492. The first-order valence-corrected chi connectivity index (χ1v) is 11.7. The smallest absolute Gasteiger partial charge is 0.325 e. The monoisotopic (exact) mass is 470 g/mol. The Hall–Kier alpha value is -2.29. The summed E-state index contributed by atoms with van der Waals surface area (Å²) in [5.74, 6) is 0.114. The highest BCUT2D eigenvalue weighted by atomic mass is 35.5. The Balaban J connectivity index is 1.59. The number of nitrogens with zero attached hydrogens (tertiary/aromatic N) is 1. The fraction of sp³-hybridized carbons (Fsp3) is 0.300. The van der Waals surface area contributed by atoms with Gasteiger partial charge in [-0.25, -0.2) is 13.2 Å². The number of carbonyl (C=O) groups excluding carboxylic acids is 2. The van der Waals surface area contributed by atoms with Crippen molar-refractivity contribution in [1.29, 1.82) is 0 Å². The average Bonchev–Trinajstić information content (AvgIpc) is 2.90. The maximum absolute atomic E-state index is 12.9. The lowest BCUT2D eigenvalue weighted by Crippen LogP contribution is -2.41. The zero-order valence-corrected chi connectivity index (χ0v) is 18.6. The molecule has 1 unspecified atom stereocenters. The third-order valence-electron chi connectivity index (χ3n) is 4.82. The Morgan fingerprint density at radius 3 is 2.33 bits per heavy atom. The second-order valence-electron chi connectivity index (χ2n) is 7.09. The number of ether oxygens (including phenoxy) is 1. The minimum Gasteiger partial charge on any atom is -0.494 e. The molecule has 0 bridgehead atoms. The molecular weight excluding hydrogens is 451 g/mol. The summed E-state index contributed by atoms with van der Waals surface area (Å²) in [6, 6.07) is 10.3.